The molecule has 197 valence electrons. The second-order valence-corrected chi connectivity index (χ2v) is 11.0. The van der Waals surface area contributed by atoms with Gasteiger partial charge in [0.05, 0.1) is 0 Å². The van der Waals surface area contributed by atoms with Crippen molar-refractivity contribution in [3.8, 4) is 0 Å². The number of rotatable bonds is 9. The van der Waals surface area contributed by atoms with Crippen molar-refractivity contribution in [1.82, 2.24) is 9.80 Å². The summed E-state index contributed by atoms with van der Waals surface area (Å²) >= 11 is 0. The molecule has 1 N–H and O–H groups in total. The van der Waals surface area contributed by atoms with E-state index in [1.165, 1.54) is 35.1 Å². The quantitative estimate of drug-likeness (QED) is 0.219. The van der Waals surface area contributed by atoms with Crippen LogP contribution >= 0.6 is 0 Å². The number of nitrogens with one attached hydrogen (secondary N) is 1. The molecule has 2 heterocycles. The van der Waals surface area contributed by atoms with Crippen molar-refractivity contribution in [2.24, 2.45) is 5.92 Å². The van der Waals surface area contributed by atoms with E-state index >= 15 is 0 Å². The Labute approximate surface area is 264 Å². The van der Waals surface area contributed by atoms with E-state index in [0.29, 0.717) is 17.9 Å². The number of Topliss-reactive ketones (excluding diaryl/α,β-unsaturated/α-hetero) is 1. The normalized spacial score (nSPS) is 16.8. The van der Waals surface area contributed by atoms with Gasteiger partial charge in [0.25, 0.3) is 0 Å². The number of carbonyl (C=O) groups excluding carboxylic acids is 1. The summed E-state index contributed by atoms with van der Waals surface area (Å²) in [7, 11) is 0. The summed E-state index contributed by atoms with van der Waals surface area (Å²) in [5, 5.41) is 0. The monoisotopic (exact) mass is 721 g/mol. The summed E-state index contributed by atoms with van der Waals surface area (Å²) < 4.78 is 0. The van der Waals surface area contributed by atoms with E-state index < -0.39 is 0 Å². The molecular formula is C33H40AcN3O-. The van der Waals surface area contributed by atoms with Crippen molar-refractivity contribution in [3.05, 3.63) is 106 Å². The second-order valence-electron chi connectivity index (χ2n) is 11.0. The van der Waals surface area contributed by atoms with Crippen LogP contribution in [0.15, 0.2) is 72.8 Å². The molecule has 0 bridgehead atoms. The molecule has 2 aliphatic rings. The minimum atomic E-state index is 0. The van der Waals surface area contributed by atoms with Crippen molar-refractivity contribution >= 4 is 11.5 Å². The first kappa shape index (κ1) is 29.5. The van der Waals surface area contributed by atoms with E-state index in [1.807, 2.05) is 18.2 Å². The standard InChI is InChI=1S/C33H40N3O.Ac/c34-32-10-4-9-28(22-32)25-35-18-14-26(15-19-35)8-5-11-33(37)31-13-12-29-16-20-36(21-17-30(29)23-31)24-27-6-2-1-3-7-27;/h1-4,6-7,9-10,12-13,22-23,26,34H,5,8,11,14-21,24-25H2;/q-1;. The molecule has 38 heavy (non-hydrogen) atoms. The van der Waals surface area contributed by atoms with Crippen LogP contribution in [0.25, 0.3) is 5.73 Å². The van der Waals surface area contributed by atoms with Crippen LogP contribution < -0.4 is 0 Å². The number of carbonyl (C=O) groups is 1. The van der Waals surface area contributed by atoms with E-state index in [1.54, 1.807) is 0 Å². The number of benzene rings is 3. The van der Waals surface area contributed by atoms with E-state index in [0.717, 1.165) is 76.4 Å². The van der Waals surface area contributed by atoms with Crippen LogP contribution in [0.5, 0.6) is 0 Å². The number of ketones is 1. The fraction of sp³-hybridized carbons (Fsp3) is 0.424. The van der Waals surface area contributed by atoms with Crippen molar-refractivity contribution in [1.29, 1.82) is 0 Å². The Morgan fingerprint density at radius 3 is 2.21 bits per heavy atom. The number of hydrogen-bond acceptors (Lipinski definition) is 3. The zero-order valence-electron chi connectivity index (χ0n) is 22.6. The van der Waals surface area contributed by atoms with Gasteiger partial charge in [0.2, 0.25) is 0 Å². The Kier molecular flexibility index (Phi) is 11.4. The third kappa shape index (κ3) is 8.49. The SMILES string of the molecule is [Ac].[NH-]c1cccc(CN2CCC(CCCC(=O)c3ccc4c(c3)CCN(Cc3ccccc3)CC4)CC2)c1. The van der Waals surface area contributed by atoms with Crippen molar-refractivity contribution in [3.63, 3.8) is 0 Å². The average Bonchev–Trinajstić information content (AvgIpc) is 3.12. The summed E-state index contributed by atoms with van der Waals surface area (Å²) in [5.74, 6) is 1.04. The Balaban J connectivity index is 0.00000336. The minimum Gasteiger partial charge on any atom is -0.699 e. The molecule has 2 aliphatic heterocycles. The molecule has 3 aromatic carbocycles. The van der Waals surface area contributed by atoms with Crippen LogP contribution in [-0.2, 0) is 25.9 Å². The van der Waals surface area contributed by atoms with E-state index in [2.05, 4.69) is 64.4 Å². The van der Waals surface area contributed by atoms with Gasteiger partial charge in [-0.05, 0) is 85.9 Å². The van der Waals surface area contributed by atoms with Gasteiger partial charge < -0.3 is 5.73 Å². The zero-order chi connectivity index (χ0) is 25.5. The molecule has 4 nitrogen and oxygen atoms in total. The van der Waals surface area contributed by atoms with Gasteiger partial charge in [-0.25, -0.2) is 0 Å². The molecule has 0 aromatic heterocycles. The second kappa shape index (κ2) is 14.8. The Morgan fingerprint density at radius 1 is 0.763 bits per heavy atom. The fourth-order valence-electron chi connectivity index (χ4n) is 6.00. The van der Waals surface area contributed by atoms with Gasteiger partial charge in [0.1, 0.15) is 0 Å². The van der Waals surface area contributed by atoms with E-state index in [4.69, 9.17) is 5.73 Å². The maximum Gasteiger partial charge on any atom is 0.162 e. The number of nitrogens with zero attached hydrogens (tertiary/aromatic N) is 2. The van der Waals surface area contributed by atoms with E-state index in [9.17, 15) is 4.79 Å². The molecule has 1 saturated heterocycles. The topological polar surface area (TPSA) is 47.4 Å². The molecule has 5 heteroatoms. The zero-order valence-corrected chi connectivity index (χ0v) is 27.3. The van der Waals surface area contributed by atoms with Crippen molar-refractivity contribution in [2.45, 2.75) is 58.0 Å². The molecule has 0 spiro atoms. The van der Waals surface area contributed by atoms with Crippen LogP contribution in [0.1, 0.15) is 64.7 Å². The van der Waals surface area contributed by atoms with Gasteiger partial charge in [-0.15, -0.1) is 5.69 Å². The summed E-state index contributed by atoms with van der Waals surface area (Å²) in [4.78, 5) is 18.1. The largest absolute Gasteiger partial charge is 0.699 e. The van der Waals surface area contributed by atoms with Gasteiger partial charge in [-0.1, -0.05) is 66.7 Å². The summed E-state index contributed by atoms with van der Waals surface area (Å²) in [5.41, 5.74) is 14.7. The van der Waals surface area contributed by atoms with Gasteiger partial charge >= 0.3 is 0 Å². The Morgan fingerprint density at radius 2 is 1.45 bits per heavy atom. The average molecular weight is 722 g/mol. The van der Waals surface area contributed by atoms with Crippen LogP contribution in [0, 0.1) is 50.0 Å². The van der Waals surface area contributed by atoms with Crippen molar-refractivity contribution < 1.29 is 48.9 Å². The van der Waals surface area contributed by atoms with Gasteiger partial charge in [-0.2, -0.15) is 0 Å². The third-order valence-electron chi connectivity index (χ3n) is 8.23. The predicted octanol–water partition coefficient (Wildman–Crippen LogP) is 7.24. The molecule has 3 aromatic rings. The summed E-state index contributed by atoms with van der Waals surface area (Å²) in [6.45, 7) is 6.30. The molecular weight excluding hydrogens is 681 g/mol. The van der Waals surface area contributed by atoms with Crippen molar-refractivity contribution in [2.75, 3.05) is 26.2 Å². The fourth-order valence-corrected chi connectivity index (χ4v) is 6.00. The molecule has 5 rings (SSSR count). The molecule has 1 fully saturated rings. The molecule has 0 atom stereocenters. The van der Waals surface area contributed by atoms with Crippen LogP contribution in [-0.4, -0.2) is 41.8 Å². The maximum atomic E-state index is 13.0. The first-order chi connectivity index (χ1) is 18.1. The number of fused-ring (bicyclic) bond motifs is 1. The molecule has 0 amide bonds. The van der Waals surface area contributed by atoms with E-state index in [-0.39, 0.29) is 44.1 Å². The predicted molar refractivity (Wildman–Crippen MR) is 152 cm³/mol. The molecule has 0 unspecified atom stereocenters. The minimum absolute atomic E-state index is 0. The Hall–Kier alpha value is -1.51. The maximum absolute atomic E-state index is 13.0. The van der Waals surface area contributed by atoms with Crippen LogP contribution in [0.4, 0.5) is 5.69 Å². The summed E-state index contributed by atoms with van der Waals surface area (Å²) in [6, 6.07) is 25.1. The molecule has 1 radical (unpaired) electrons. The molecule has 0 saturated carbocycles. The Bertz CT molecular complexity index is 1170. The first-order valence-electron chi connectivity index (χ1n) is 14.1. The first-order valence-corrected chi connectivity index (χ1v) is 14.1. The van der Waals surface area contributed by atoms with Crippen LogP contribution in [0.3, 0.4) is 0 Å². The summed E-state index contributed by atoms with van der Waals surface area (Å²) in [6.07, 6.45) is 7.32. The van der Waals surface area contributed by atoms with Gasteiger partial charge in [0, 0.05) is 82.2 Å². The van der Waals surface area contributed by atoms with Crippen LogP contribution in [0.2, 0.25) is 0 Å². The number of likely N-dealkylation sites (tertiary alicyclic amines) is 1. The smallest absolute Gasteiger partial charge is 0.162 e. The van der Waals surface area contributed by atoms with Gasteiger partial charge in [-0.3, -0.25) is 14.6 Å². The number of hydrogen-bond donors (Lipinski definition) is 0. The third-order valence-corrected chi connectivity index (χ3v) is 8.23. The van der Waals surface area contributed by atoms with Gasteiger partial charge in [0.15, 0.2) is 5.78 Å². The molecule has 0 aliphatic carbocycles. The number of piperidine rings is 1.